The monoisotopic (exact) mass is 488 g/mol. The van der Waals surface area contributed by atoms with Gasteiger partial charge in [0, 0.05) is 34.8 Å². The molecule has 2 N–H and O–H groups in total. The van der Waals surface area contributed by atoms with Crippen LogP contribution >= 0.6 is 23.2 Å². The molecule has 0 saturated heterocycles. The molecule has 0 bridgehead atoms. The van der Waals surface area contributed by atoms with Crippen LogP contribution in [0.5, 0.6) is 0 Å². The molecule has 6 nitrogen and oxygen atoms in total. The third kappa shape index (κ3) is 5.97. The summed E-state index contributed by atoms with van der Waals surface area (Å²) in [4.78, 5) is 23.6. The fourth-order valence-electron chi connectivity index (χ4n) is 2.68. The number of ketones is 2. The second-order valence-electron chi connectivity index (χ2n) is 6.73. The lowest BCUT2D eigenvalue weighted by Gasteiger charge is -2.09. The van der Waals surface area contributed by atoms with E-state index in [9.17, 15) is 18.0 Å². The van der Waals surface area contributed by atoms with Crippen molar-refractivity contribution in [3.63, 3.8) is 0 Å². The minimum atomic E-state index is -3.80. The molecular formula is C23H18Cl2N2O4S. The molecule has 32 heavy (non-hydrogen) atoms. The van der Waals surface area contributed by atoms with Gasteiger partial charge in [0.25, 0.3) is 10.0 Å². The van der Waals surface area contributed by atoms with Gasteiger partial charge in [-0.2, -0.15) is 0 Å². The van der Waals surface area contributed by atoms with E-state index in [-0.39, 0.29) is 16.5 Å². The summed E-state index contributed by atoms with van der Waals surface area (Å²) in [7, 11) is -3.80. The van der Waals surface area contributed by atoms with Gasteiger partial charge in [-0.25, -0.2) is 8.42 Å². The number of Topliss-reactive ketones (excluding diaryl/α,β-unsaturated/α-hetero) is 1. The lowest BCUT2D eigenvalue weighted by molar-refractivity contribution is 0.101. The molecule has 3 aromatic rings. The fraction of sp³-hybridized carbons (Fsp3) is 0.0435. The highest BCUT2D eigenvalue weighted by Crippen LogP contribution is 2.23. The third-order valence-electron chi connectivity index (χ3n) is 4.40. The number of rotatable bonds is 8. The summed E-state index contributed by atoms with van der Waals surface area (Å²) < 4.78 is 27.6. The number of carbonyl (C=O) groups is 2. The van der Waals surface area contributed by atoms with Gasteiger partial charge in [0.05, 0.1) is 14.9 Å². The Morgan fingerprint density at radius 2 is 1.41 bits per heavy atom. The highest BCUT2D eigenvalue weighted by atomic mass is 35.5. The van der Waals surface area contributed by atoms with Crippen LogP contribution in [0, 0.1) is 0 Å². The van der Waals surface area contributed by atoms with Gasteiger partial charge in [0.2, 0.25) is 0 Å². The first-order chi connectivity index (χ1) is 15.2. The van der Waals surface area contributed by atoms with Crippen LogP contribution in [0.25, 0.3) is 0 Å². The topological polar surface area (TPSA) is 92.3 Å². The van der Waals surface area contributed by atoms with Crippen LogP contribution < -0.4 is 10.0 Å². The van der Waals surface area contributed by atoms with Crippen molar-refractivity contribution in [2.24, 2.45) is 0 Å². The van der Waals surface area contributed by atoms with Crippen molar-refractivity contribution in [1.82, 2.24) is 0 Å². The standard InChI is InChI=1S/C23H18Cl2N2O4S/c1-15(28)16-2-5-19(6-3-16)27-32(30,31)20-9-7-18(8-10-20)26-13-12-23(29)17-4-11-21(24)22(25)14-17/h2-14,26-27H,1H3. The number of anilines is 2. The van der Waals surface area contributed by atoms with E-state index in [4.69, 9.17) is 23.2 Å². The van der Waals surface area contributed by atoms with Crippen molar-refractivity contribution in [2.45, 2.75) is 11.8 Å². The first-order valence-corrected chi connectivity index (χ1v) is 11.6. The van der Waals surface area contributed by atoms with E-state index in [1.807, 2.05) is 0 Å². The van der Waals surface area contributed by atoms with Crippen molar-refractivity contribution in [3.05, 3.63) is 100 Å². The predicted octanol–water partition coefficient (Wildman–Crippen LogP) is 5.81. The van der Waals surface area contributed by atoms with Crippen molar-refractivity contribution in [2.75, 3.05) is 10.0 Å². The van der Waals surface area contributed by atoms with E-state index in [1.54, 1.807) is 36.4 Å². The van der Waals surface area contributed by atoms with Crippen molar-refractivity contribution in [3.8, 4) is 0 Å². The van der Waals surface area contributed by atoms with Gasteiger partial charge in [-0.3, -0.25) is 14.3 Å². The Labute approximate surface area is 195 Å². The van der Waals surface area contributed by atoms with Crippen LogP contribution in [-0.2, 0) is 10.0 Å². The normalized spacial score (nSPS) is 11.3. The SMILES string of the molecule is CC(=O)c1ccc(NS(=O)(=O)c2ccc(NC=CC(=O)c3ccc(Cl)c(Cl)c3)cc2)cc1. The van der Waals surface area contributed by atoms with Crippen LogP contribution in [0.2, 0.25) is 10.0 Å². The van der Waals surface area contributed by atoms with Gasteiger partial charge < -0.3 is 5.32 Å². The summed E-state index contributed by atoms with van der Waals surface area (Å²) in [6.45, 7) is 1.44. The largest absolute Gasteiger partial charge is 0.362 e. The Kier molecular flexibility index (Phi) is 7.35. The molecule has 164 valence electrons. The van der Waals surface area contributed by atoms with Gasteiger partial charge in [0.15, 0.2) is 11.6 Å². The Bertz CT molecular complexity index is 1290. The van der Waals surface area contributed by atoms with E-state index < -0.39 is 10.0 Å². The van der Waals surface area contributed by atoms with Crippen LogP contribution in [0.4, 0.5) is 11.4 Å². The molecule has 0 amide bonds. The number of sulfonamides is 1. The minimum absolute atomic E-state index is 0.0644. The molecule has 0 aromatic heterocycles. The van der Waals surface area contributed by atoms with Crippen LogP contribution in [0.15, 0.2) is 83.9 Å². The number of hydrogen-bond acceptors (Lipinski definition) is 5. The Morgan fingerprint density at radius 3 is 2.00 bits per heavy atom. The molecule has 0 aliphatic heterocycles. The van der Waals surface area contributed by atoms with Crippen LogP contribution in [0.3, 0.4) is 0 Å². The van der Waals surface area contributed by atoms with Gasteiger partial charge in [-0.15, -0.1) is 0 Å². The molecule has 0 radical (unpaired) electrons. The highest BCUT2D eigenvalue weighted by Gasteiger charge is 2.14. The molecule has 0 aliphatic carbocycles. The smallest absolute Gasteiger partial charge is 0.261 e. The first-order valence-electron chi connectivity index (χ1n) is 9.32. The lowest BCUT2D eigenvalue weighted by atomic mass is 10.1. The van der Waals surface area contributed by atoms with Crippen molar-refractivity contribution < 1.29 is 18.0 Å². The average molecular weight is 489 g/mol. The zero-order chi connectivity index (χ0) is 23.3. The molecule has 0 fully saturated rings. The molecule has 0 saturated carbocycles. The quantitative estimate of drug-likeness (QED) is 0.308. The summed E-state index contributed by atoms with van der Waals surface area (Å²) in [5.74, 6) is -0.370. The van der Waals surface area contributed by atoms with E-state index in [1.165, 1.54) is 49.5 Å². The first kappa shape index (κ1) is 23.5. The second-order valence-corrected chi connectivity index (χ2v) is 9.23. The number of carbonyl (C=O) groups excluding carboxylic acids is 2. The van der Waals surface area contributed by atoms with Gasteiger partial charge in [-0.05, 0) is 73.7 Å². The molecule has 9 heteroatoms. The van der Waals surface area contributed by atoms with Gasteiger partial charge in [-0.1, -0.05) is 23.2 Å². The van der Waals surface area contributed by atoms with Gasteiger partial charge in [0.1, 0.15) is 0 Å². The fourth-order valence-corrected chi connectivity index (χ4v) is 4.03. The molecule has 3 aromatic carbocycles. The zero-order valence-electron chi connectivity index (χ0n) is 16.8. The molecule has 3 rings (SSSR count). The number of nitrogens with one attached hydrogen (secondary N) is 2. The van der Waals surface area contributed by atoms with Crippen LogP contribution in [-0.4, -0.2) is 20.0 Å². The number of hydrogen-bond donors (Lipinski definition) is 2. The summed E-state index contributed by atoms with van der Waals surface area (Å²) >= 11 is 11.8. The predicted molar refractivity (Wildman–Crippen MR) is 127 cm³/mol. The number of benzene rings is 3. The molecule has 0 unspecified atom stereocenters. The molecular weight excluding hydrogens is 471 g/mol. The summed E-state index contributed by atoms with van der Waals surface area (Å²) in [5, 5.41) is 3.56. The number of allylic oxidation sites excluding steroid dienone is 1. The van der Waals surface area contributed by atoms with Crippen molar-refractivity contribution in [1.29, 1.82) is 0 Å². The maximum atomic E-state index is 12.6. The molecule has 0 atom stereocenters. The van der Waals surface area contributed by atoms with Gasteiger partial charge >= 0.3 is 0 Å². The van der Waals surface area contributed by atoms with E-state index in [2.05, 4.69) is 10.0 Å². The maximum Gasteiger partial charge on any atom is 0.261 e. The van der Waals surface area contributed by atoms with Crippen LogP contribution in [0.1, 0.15) is 27.6 Å². The van der Waals surface area contributed by atoms with E-state index in [0.717, 1.165) is 0 Å². The highest BCUT2D eigenvalue weighted by molar-refractivity contribution is 7.92. The molecule has 0 aliphatic rings. The average Bonchev–Trinajstić information content (AvgIpc) is 2.76. The van der Waals surface area contributed by atoms with E-state index in [0.29, 0.717) is 32.5 Å². The molecule has 0 heterocycles. The summed E-state index contributed by atoms with van der Waals surface area (Å²) in [6, 6.07) is 16.8. The Hall–Kier alpha value is -3.13. The molecule has 0 spiro atoms. The summed E-state index contributed by atoms with van der Waals surface area (Å²) in [6.07, 6.45) is 2.78. The third-order valence-corrected chi connectivity index (χ3v) is 6.53. The maximum absolute atomic E-state index is 12.6. The lowest BCUT2D eigenvalue weighted by Crippen LogP contribution is -2.13. The number of halogens is 2. The van der Waals surface area contributed by atoms with E-state index >= 15 is 0 Å². The zero-order valence-corrected chi connectivity index (χ0v) is 19.1. The second kappa shape index (κ2) is 9.99. The Balaban J connectivity index is 1.63. The minimum Gasteiger partial charge on any atom is -0.362 e. The Morgan fingerprint density at radius 1 is 0.812 bits per heavy atom. The van der Waals surface area contributed by atoms with Crippen molar-refractivity contribution >= 4 is 56.2 Å². The summed E-state index contributed by atoms with van der Waals surface area (Å²) in [5.41, 5.74) is 1.82.